The minimum absolute atomic E-state index is 0.284. The Morgan fingerprint density at radius 3 is 2.69 bits per heavy atom. The predicted octanol–water partition coefficient (Wildman–Crippen LogP) is 0.403. The molecule has 1 unspecified atom stereocenters. The van der Waals surface area contributed by atoms with Gasteiger partial charge >= 0.3 is 0 Å². The third kappa shape index (κ3) is 2.26. The van der Waals surface area contributed by atoms with Gasteiger partial charge in [-0.25, -0.2) is 0 Å². The summed E-state index contributed by atoms with van der Waals surface area (Å²) >= 11 is 0. The van der Waals surface area contributed by atoms with E-state index in [0.717, 1.165) is 0 Å². The van der Waals surface area contributed by atoms with Gasteiger partial charge in [0.1, 0.15) is 6.10 Å². The molecular formula is C8H15N3O2. The van der Waals surface area contributed by atoms with Gasteiger partial charge in [0.05, 0.1) is 0 Å². The highest BCUT2D eigenvalue weighted by atomic mass is 16.5. The molecule has 2 atom stereocenters. The molecule has 1 rings (SSSR count). The smallest absolute Gasteiger partial charge is 0.226 e. The number of aliphatic hydroxyl groups excluding tert-OH is 1. The Labute approximate surface area is 76.9 Å². The second-order valence-corrected chi connectivity index (χ2v) is 2.92. The molecule has 0 bridgehead atoms. The zero-order valence-corrected chi connectivity index (χ0v) is 7.90. The fraction of sp³-hybridized carbons (Fsp3) is 0.750. The third-order valence-electron chi connectivity index (χ3n) is 1.93. The van der Waals surface area contributed by atoms with Crippen molar-refractivity contribution in [3.05, 3.63) is 11.7 Å². The van der Waals surface area contributed by atoms with Gasteiger partial charge in [-0.3, -0.25) is 0 Å². The molecule has 1 aromatic heterocycles. The Morgan fingerprint density at radius 1 is 1.54 bits per heavy atom. The molecule has 0 fully saturated rings. The molecule has 0 aliphatic carbocycles. The maximum absolute atomic E-state index is 9.59. The van der Waals surface area contributed by atoms with Crippen molar-refractivity contribution in [2.45, 2.75) is 38.8 Å². The van der Waals surface area contributed by atoms with Crippen LogP contribution in [0.25, 0.3) is 0 Å². The first kappa shape index (κ1) is 10.1. The summed E-state index contributed by atoms with van der Waals surface area (Å²) in [6.07, 6.45) is 0.521. The first-order valence-corrected chi connectivity index (χ1v) is 4.45. The van der Waals surface area contributed by atoms with Crippen molar-refractivity contribution in [3.8, 4) is 0 Å². The summed E-state index contributed by atoms with van der Waals surface area (Å²) in [6.45, 7) is 3.80. The highest BCUT2D eigenvalue weighted by Crippen LogP contribution is 2.13. The zero-order valence-electron chi connectivity index (χ0n) is 7.90. The quantitative estimate of drug-likeness (QED) is 0.709. The Morgan fingerprint density at radius 2 is 2.23 bits per heavy atom. The van der Waals surface area contributed by atoms with Gasteiger partial charge in [-0.15, -0.1) is 0 Å². The van der Waals surface area contributed by atoms with Gasteiger partial charge in [0, 0.05) is 12.5 Å². The van der Waals surface area contributed by atoms with Crippen LogP contribution < -0.4 is 5.73 Å². The molecule has 5 heteroatoms. The van der Waals surface area contributed by atoms with Crippen LogP contribution in [0.2, 0.25) is 0 Å². The zero-order chi connectivity index (χ0) is 9.84. The normalized spacial score (nSPS) is 15.7. The highest BCUT2D eigenvalue weighted by Gasteiger charge is 2.20. The third-order valence-corrected chi connectivity index (χ3v) is 1.93. The summed E-state index contributed by atoms with van der Waals surface area (Å²) in [5.41, 5.74) is 5.63. The second kappa shape index (κ2) is 4.34. The molecule has 13 heavy (non-hydrogen) atoms. The molecule has 0 spiro atoms. The summed E-state index contributed by atoms with van der Waals surface area (Å²) in [7, 11) is 0. The van der Waals surface area contributed by atoms with Crippen molar-refractivity contribution >= 4 is 0 Å². The van der Waals surface area contributed by atoms with Crippen molar-refractivity contribution < 1.29 is 9.63 Å². The van der Waals surface area contributed by atoms with Crippen molar-refractivity contribution in [3.63, 3.8) is 0 Å². The summed E-state index contributed by atoms with van der Waals surface area (Å²) in [6, 6.07) is -0.331. The molecule has 1 aromatic rings. The lowest BCUT2D eigenvalue weighted by Crippen LogP contribution is -2.28. The van der Waals surface area contributed by atoms with Crippen LogP contribution in [0.3, 0.4) is 0 Å². The van der Waals surface area contributed by atoms with E-state index in [9.17, 15) is 5.11 Å². The number of hydrogen-bond acceptors (Lipinski definition) is 5. The Kier molecular flexibility index (Phi) is 3.39. The summed E-state index contributed by atoms with van der Waals surface area (Å²) in [4.78, 5) is 3.99. The summed E-state index contributed by atoms with van der Waals surface area (Å²) in [5, 5.41) is 13.2. The van der Waals surface area contributed by atoms with E-state index in [0.29, 0.717) is 18.7 Å². The molecule has 1 heterocycles. The fourth-order valence-electron chi connectivity index (χ4n) is 0.947. The van der Waals surface area contributed by atoms with E-state index in [-0.39, 0.29) is 11.9 Å². The lowest BCUT2D eigenvalue weighted by molar-refractivity contribution is 0.132. The van der Waals surface area contributed by atoms with Crippen molar-refractivity contribution in [2.75, 3.05) is 0 Å². The average Bonchev–Trinajstić information content (AvgIpc) is 2.63. The second-order valence-electron chi connectivity index (χ2n) is 2.92. The monoisotopic (exact) mass is 185 g/mol. The molecule has 0 radical (unpaired) electrons. The van der Waals surface area contributed by atoms with Crippen molar-refractivity contribution in [1.29, 1.82) is 0 Å². The number of hydrogen-bond donors (Lipinski definition) is 2. The first-order chi connectivity index (χ1) is 6.19. The van der Waals surface area contributed by atoms with Crippen molar-refractivity contribution in [2.24, 2.45) is 5.73 Å². The molecule has 0 amide bonds. The number of aryl methyl sites for hydroxylation is 1. The van der Waals surface area contributed by atoms with Crippen LogP contribution in [0.4, 0.5) is 0 Å². The van der Waals surface area contributed by atoms with Gasteiger partial charge in [-0.1, -0.05) is 19.0 Å². The molecule has 3 N–H and O–H groups in total. The Hall–Kier alpha value is -0.940. The van der Waals surface area contributed by atoms with Gasteiger partial charge < -0.3 is 15.4 Å². The first-order valence-electron chi connectivity index (χ1n) is 4.45. The minimum Gasteiger partial charge on any atom is -0.383 e. The number of nitrogens with two attached hydrogens (primary N) is 1. The van der Waals surface area contributed by atoms with Gasteiger partial charge in [-0.05, 0) is 6.42 Å². The highest BCUT2D eigenvalue weighted by molar-refractivity contribution is 4.94. The van der Waals surface area contributed by atoms with Crippen molar-refractivity contribution in [1.82, 2.24) is 10.1 Å². The van der Waals surface area contributed by atoms with E-state index >= 15 is 0 Å². The summed E-state index contributed by atoms with van der Waals surface area (Å²) in [5.74, 6) is 0.809. The van der Waals surface area contributed by atoms with E-state index < -0.39 is 6.10 Å². The molecule has 5 nitrogen and oxygen atoms in total. The number of rotatable bonds is 4. The van der Waals surface area contributed by atoms with Gasteiger partial charge in [0.25, 0.3) is 0 Å². The van der Waals surface area contributed by atoms with E-state index in [1.165, 1.54) is 0 Å². The van der Waals surface area contributed by atoms with Crippen LogP contribution in [0, 0.1) is 0 Å². The molecule has 0 saturated heterocycles. The maximum Gasteiger partial charge on any atom is 0.226 e. The standard InChI is InChI=1S/C8H15N3O2/c1-3-5(9)7(12)8-10-6(4-2)13-11-8/h5,7,12H,3-4,9H2,1-2H3/t5-,7?/m0/s1. The van der Waals surface area contributed by atoms with Gasteiger partial charge in [-0.2, -0.15) is 4.98 Å². The van der Waals surface area contributed by atoms with E-state index in [1.54, 1.807) is 0 Å². The molecule has 0 aliphatic heterocycles. The maximum atomic E-state index is 9.59. The SMILES string of the molecule is CCc1nc(C(O)[C@@H](N)CC)no1. The molecular weight excluding hydrogens is 170 g/mol. The predicted molar refractivity (Wildman–Crippen MR) is 46.9 cm³/mol. The van der Waals surface area contributed by atoms with Gasteiger partial charge in [0.15, 0.2) is 0 Å². The largest absolute Gasteiger partial charge is 0.383 e. The number of nitrogens with zero attached hydrogens (tertiary/aromatic N) is 2. The Balaban J connectivity index is 2.70. The lowest BCUT2D eigenvalue weighted by Gasteiger charge is -2.12. The minimum atomic E-state index is -0.825. The van der Waals surface area contributed by atoms with E-state index in [4.69, 9.17) is 10.3 Å². The molecule has 0 aromatic carbocycles. The van der Waals surface area contributed by atoms with E-state index in [1.807, 2.05) is 13.8 Å². The van der Waals surface area contributed by atoms with Crippen LogP contribution in [0.1, 0.15) is 38.1 Å². The molecule has 0 aliphatic rings. The number of aromatic nitrogens is 2. The topological polar surface area (TPSA) is 85.2 Å². The average molecular weight is 185 g/mol. The van der Waals surface area contributed by atoms with Gasteiger partial charge in [0.2, 0.25) is 11.7 Å². The van der Waals surface area contributed by atoms with E-state index in [2.05, 4.69) is 10.1 Å². The fourth-order valence-corrected chi connectivity index (χ4v) is 0.947. The molecule has 0 saturated carbocycles. The van der Waals surface area contributed by atoms with Crippen LogP contribution >= 0.6 is 0 Å². The summed E-state index contributed by atoms with van der Waals surface area (Å²) < 4.78 is 4.85. The molecule has 74 valence electrons. The van der Waals surface area contributed by atoms with Crippen LogP contribution in [0.15, 0.2) is 4.52 Å². The van der Waals surface area contributed by atoms with Crippen LogP contribution in [0.5, 0.6) is 0 Å². The lowest BCUT2D eigenvalue weighted by atomic mass is 10.1. The number of aliphatic hydroxyl groups is 1. The van der Waals surface area contributed by atoms with Crippen LogP contribution in [-0.2, 0) is 6.42 Å². The van der Waals surface area contributed by atoms with Crippen LogP contribution in [-0.4, -0.2) is 21.3 Å². The Bertz CT molecular complexity index is 262.